The summed E-state index contributed by atoms with van der Waals surface area (Å²) in [7, 11) is 0. The molecule has 0 unspecified atom stereocenters. The summed E-state index contributed by atoms with van der Waals surface area (Å²) >= 11 is 13.9. The lowest BCUT2D eigenvalue weighted by Gasteiger charge is -2.37. The summed E-state index contributed by atoms with van der Waals surface area (Å²) in [6.45, 7) is 13.0. The Kier molecular flexibility index (Phi) is 19.1. The summed E-state index contributed by atoms with van der Waals surface area (Å²) in [5.74, 6) is 3.89. The van der Waals surface area contributed by atoms with Gasteiger partial charge in [-0.1, -0.05) is 97.3 Å². The number of rotatable bonds is 21. The van der Waals surface area contributed by atoms with Crippen molar-refractivity contribution in [1.82, 2.24) is 34.7 Å². The Bertz CT molecular complexity index is 2980. The molecule has 0 radical (unpaired) electrons. The first-order chi connectivity index (χ1) is 38.5. The molecule has 19 heteroatoms. The van der Waals surface area contributed by atoms with Gasteiger partial charge < -0.3 is 46.0 Å². The van der Waals surface area contributed by atoms with Gasteiger partial charge in [-0.25, -0.2) is 24.9 Å². The lowest BCUT2D eigenvalue weighted by Crippen LogP contribution is -2.48. The number of aryl methyl sites for hydroxylation is 2. The second-order valence-corrected chi connectivity index (χ2v) is 23.8. The van der Waals surface area contributed by atoms with E-state index in [4.69, 9.17) is 48.6 Å². The van der Waals surface area contributed by atoms with Crippen LogP contribution in [0.4, 0.5) is 34.0 Å². The number of benzene rings is 3. The van der Waals surface area contributed by atoms with E-state index in [-0.39, 0.29) is 23.3 Å². The molecule has 79 heavy (non-hydrogen) atoms. The van der Waals surface area contributed by atoms with Crippen LogP contribution in [0, 0.1) is 13.8 Å². The maximum Gasteiger partial charge on any atom is 0.267 e. The number of piperidine rings is 2. The number of hydrogen-bond acceptors (Lipinski definition) is 15. The first-order valence-corrected chi connectivity index (χ1v) is 30.4. The summed E-state index contributed by atoms with van der Waals surface area (Å²) in [6.07, 6.45) is 17.9. The highest BCUT2D eigenvalue weighted by Gasteiger charge is 2.39. The number of nitrogens with zero attached hydrogens (tertiary/aromatic N) is 9. The zero-order valence-electron chi connectivity index (χ0n) is 46.0. The molecular formula is C60H77Cl2N13O3S. The van der Waals surface area contributed by atoms with Gasteiger partial charge in [0, 0.05) is 94.0 Å². The first kappa shape index (κ1) is 56.6. The molecule has 5 N–H and O–H groups in total. The summed E-state index contributed by atoms with van der Waals surface area (Å²) in [4.78, 5) is 60.6. The van der Waals surface area contributed by atoms with Crippen LogP contribution < -0.4 is 31.5 Å². The van der Waals surface area contributed by atoms with Gasteiger partial charge in [0.2, 0.25) is 5.91 Å². The maximum atomic E-state index is 13.4. The number of nitrogens with two attached hydrogens (primary N) is 1. The number of amides is 2. The van der Waals surface area contributed by atoms with Crippen LogP contribution >= 0.6 is 34.5 Å². The second-order valence-electron chi connectivity index (χ2n) is 21.9. The lowest BCUT2D eigenvalue weighted by molar-refractivity contribution is -0.131. The van der Waals surface area contributed by atoms with Crippen LogP contribution in [0.2, 0.25) is 10.0 Å². The molecule has 3 saturated heterocycles. The number of piperazine rings is 1. The molecule has 6 aromatic rings. The van der Waals surface area contributed by atoms with Gasteiger partial charge in [-0.05, 0) is 119 Å². The molecule has 0 atom stereocenters. The molecule has 4 aliphatic rings. The third-order valence-corrected chi connectivity index (χ3v) is 17.9. The quantitative estimate of drug-likeness (QED) is 0.0499. The number of fused-ring (bicyclic) bond motifs is 1. The summed E-state index contributed by atoms with van der Waals surface area (Å²) in [6, 6.07) is 22.3. The number of ether oxygens (including phenoxy) is 1. The number of anilines is 6. The molecule has 3 aromatic heterocycles. The number of carbonyl (C=O) groups excluding carboxylic acids is 2. The van der Waals surface area contributed by atoms with E-state index in [9.17, 15) is 9.59 Å². The molecule has 4 fully saturated rings. The molecule has 420 valence electrons. The molecule has 0 spiro atoms. The number of para-hydroxylation sites is 1. The number of thiazole rings is 1. The number of carbonyl (C=O) groups is 2. The zero-order valence-corrected chi connectivity index (χ0v) is 48.3. The van der Waals surface area contributed by atoms with Crippen molar-refractivity contribution in [2.45, 2.75) is 128 Å². The van der Waals surface area contributed by atoms with Crippen LogP contribution in [0.5, 0.6) is 0 Å². The lowest BCUT2D eigenvalue weighted by atomic mass is 9.68. The fraction of sp³-hybridized carbons (Fsp3) is 0.517. The van der Waals surface area contributed by atoms with Crippen LogP contribution in [0.3, 0.4) is 0 Å². The van der Waals surface area contributed by atoms with Crippen molar-refractivity contribution >= 4 is 91.2 Å². The van der Waals surface area contributed by atoms with E-state index < -0.39 is 0 Å². The minimum atomic E-state index is -0.274. The summed E-state index contributed by atoms with van der Waals surface area (Å²) in [5.41, 5.74) is 10.5. The van der Waals surface area contributed by atoms with E-state index in [0.29, 0.717) is 58.0 Å². The maximum absolute atomic E-state index is 13.4. The van der Waals surface area contributed by atoms with Gasteiger partial charge in [-0.2, -0.15) is 0 Å². The highest BCUT2D eigenvalue weighted by Crippen LogP contribution is 2.45. The molecular weight excluding hydrogens is 1050 g/mol. The van der Waals surface area contributed by atoms with Gasteiger partial charge in [0.15, 0.2) is 5.13 Å². The number of unbranched alkanes of at least 4 members (excludes halogenated alkanes) is 4. The Labute approximate surface area is 479 Å². The van der Waals surface area contributed by atoms with Crippen molar-refractivity contribution in [2.75, 3.05) is 97.7 Å². The van der Waals surface area contributed by atoms with Gasteiger partial charge in [-0.15, -0.1) is 0 Å². The monoisotopic (exact) mass is 1130 g/mol. The van der Waals surface area contributed by atoms with E-state index in [2.05, 4.69) is 75.8 Å². The normalized spacial score (nSPS) is 17.6. The van der Waals surface area contributed by atoms with E-state index in [0.717, 1.165) is 168 Å². The third-order valence-electron chi connectivity index (χ3n) is 16.4. The predicted molar refractivity (Wildman–Crippen MR) is 321 cm³/mol. The molecule has 1 saturated carbocycles. The smallest absolute Gasteiger partial charge is 0.267 e. The number of likely N-dealkylation sites (tertiary alicyclic amines) is 1. The topological polar surface area (TPSA) is 183 Å². The highest BCUT2D eigenvalue weighted by molar-refractivity contribution is 7.17. The fourth-order valence-electron chi connectivity index (χ4n) is 12.0. The summed E-state index contributed by atoms with van der Waals surface area (Å²) in [5, 5.41) is 12.5. The van der Waals surface area contributed by atoms with E-state index in [1.165, 1.54) is 42.6 Å². The van der Waals surface area contributed by atoms with Crippen LogP contribution in [0.25, 0.3) is 10.9 Å². The van der Waals surface area contributed by atoms with Gasteiger partial charge >= 0.3 is 0 Å². The third kappa shape index (κ3) is 14.3. The average Bonchev–Trinajstić information content (AvgIpc) is 4.02. The van der Waals surface area contributed by atoms with Crippen molar-refractivity contribution in [3.8, 4) is 0 Å². The van der Waals surface area contributed by atoms with Crippen LogP contribution in [-0.2, 0) is 14.9 Å². The molecule has 0 bridgehead atoms. The molecule has 16 nitrogen and oxygen atoms in total. The SMILES string of the molecule is Cc1nc(Nc2ncc(C(=O)Nc3c(C)cccc3Cl)s2)cc(N2CCC(OC3CCN(CCCCCCCC(=O)N4CCN(c5ccc6c(NCCN)nc(C7(c8ccc(Cl)cc8)CCCCC7)nc6c5)CC4)CC3)CC2)n1. The number of halogens is 2. The predicted octanol–water partition coefficient (Wildman–Crippen LogP) is 11.6. The van der Waals surface area contributed by atoms with E-state index >= 15 is 0 Å². The van der Waals surface area contributed by atoms with Crippen LogP contribution in [-0.4, -0.2) is 131 Å². The molecule has 3 aromatic carbocycles. The van der Waals surface area contributed by atoms with Gasteiger partial charge in [0.1, 0.15) is 34.0 Å². The number of nitrogens with one attached hydrogen (secondary N) is 3. The van der Waals surface area contributed by atoms with Crippen molar-refractivity contribution in [3.05, 3.63) is 111 Å². The Morgan fingerprint density at radius 3 is 2.27 bits per heavy atom. The van der Waals surface area contributed by atoms with E-state index in [1.807, 2.05) is 44.2 Å². The standard InChI is InChI=1S/C60H77Cl2N13O3S/c1-41-12-11-13-49(62)55(41)70-57(77)51-40-65-59(79-51)69-52-39-53(67-42(2)66-52)74-32-23-47(24-33-74)78-46-21-30-72(31-22-46)29-10-5-3-4-7-14-54(76)75-36-34-73(35-37-75)45-19-20-48-50(38-45)68-58(71-56(48)64-28-27-63)60(25-8-6-9-26-60)43-15-17-44(61)18-16-43/h11-13,15-20,38-40,46-47H,3-10,14,21-37,63H2,1-2H3,(H,70,77)(H,64,68,71)(H,65,66,67,69). The molecule has 2 amide bonds. The van der Waals surface area contributed by atoms with Crippen LogP contribution in [0.1, 0.15) is 129 Å². The van der Waals surface area contributed by atoms with Crippen LogP contribution in [0.15, 0.2) is 72.9 Å². The second kappa shape index (κ2) is 26.7. The first-order valence-electron chi connectivity index (χ1n) is 28.8. The minimum absolute atomic E-state index is 0.250. The minimum Gasteiger partial charge on any atom is -0.375 e. The molecule has 6 heterocycles. The average molecular weight is 1130 g/mol. The number of hydrogen-bond donors (Lipinski definition) is 4. The highest BCUT2D eigenvalue weighted by atomic mass is 35.5. The molecule has 1 aliphatic carbocycles. The summed E-state index contributed by atoms with van der Waals surface area (Å²) < 4.78 is 6.70. The van der Waals surface area contributed by atoms with Crippen molar-refractivity contribution in [1.29, 1.82) is 0 Å². The van der Waals surface area contributed by atoms with E-state index in [1.54, 1.807) is 12.3 Å². The fourth-order valence-corrected chi connectivity index (χ4v) is 13.1. The van der Waals surface area contributed by atoms with Gasteiger partial charge in [-0.3, -0.25) is 9.59 Å². The van der Waals surface area contributed by atoms with Gasteiger partial charge in [0.25, 0.3) is 5.91 Å². The Morgan fingerprint density at radius 1 is 0.785 bits per heavy atom. The van der Waals surface area contributed by atoms with Crippen molar-refractivity contribution in [2.24, 2.45) is 5.73 Å². The van der Waals surface area contributed by atoms with Crippen molar-refractivity contribution < 1.29 is 14.3 Å². The number of aromatic nitrogens is 5. The van der Waals surface area contributed by atoms with Crippen molar-refractivity contribution in [3.63, 3.8) is 0 Å². The molecule has 3 aliphatic heterocycles. The molecule has 10 rings (SSSR count). The largest absolute Gasteiger partial charge is 0.375 e. The Morgan fingerprint density at radius 2 is 1.52 bits per heavy atom. The Balaban J connectivity index is 0.601. The van der Waals surface area contributed by atoms with Gasteiger partial charge in [0.05, 0.1) is 40.0 Å². The zero-order chi connectivity index (χ0) is 54.7. The Hall–Kier alpha value is -5.69.